The Balaban J connectivity index is 1.39. The van der Waals surface area contributed by atoms with Crippen molar-refractivity contribution in [2.24, 2.45) is 0 Å². The standard InChI is InChI=1S/C27H25FN2O4S/c28-22-9-5-19(6-10-22)17-29-27(31)21-7-11-23(12-8-21)35(32,33)30-18-25(20-13-15-34-16-14-20)24-3-1-2-4-26(24)30/h1-12,18,20H,13-17H2,(H,29,31). The SMILES string of the molecule is O=C(NCc1ccc(F)cc1)c1ccc(S(=O)(=O)n2cc(C3CCOCC3)c3ccccc32)cc1. The molecule has 0 radical (unpaired) electrons. The molecular formula is C27H25FN2O4S. The smallest absolute Gasteiger partial charge is 0.268 e. The number of carbonyl (C=O) groups excluding carboxylic acids is 1. The van der Waals surface area contributed by atoms with Crippen molar-refractivity contribution in [2.75, 3.05) is 13.2 Å². The number of nitrogens with zero attached hydrogens (tertiary/aromatic N) is 1. The Hall–Kier alpha value is -3.49. The second-order valence-electron chi connectivity index (χ2n) is 8.62. The van der Waals surface area contributed by atoms with Crippen molar-refractivity contribution < 1.29 is 22.3 Å². The number of ether oxygens (including phenoxy) is 1. The van der Waals surface area contributed by atoms with Gasteiger partial charge in [0.1, 0.15) is 5.82 Å². The van der Waals surface area contributed by atoms with Gasteiger partial charge in [0.05, 0.1) is 10.4 Å². The maximum atomic E-state index is 13.6. The Morgan fingerprint density at radius 3 is 2.37 bits per heavy atom. The van der Waals surface area contributed by atoms with Crippen LogP contribution in [-0.4, -0.2) is 31.5 Å². The number of nitrogens with one attached hydrogen (secondary N) is 1. The fourth-order valence-electron chi connectivity index (χ4n) is 4.49. The first-order valence-corrected chi connectivity index (χ1v) is 12.9. The summed E-state index contributed by atoms with van der Waals surface area (Å²) in [5, 5.41) is 3.69. The summed E-state index contributed by atoms with van der Waals surface area (Å²) < 4.78 is 47.0. The normalized spacial score (nSPS) is 14.8. The maximum Gasteiger partial charge on any atom is 0.268 e. The van der Waals surface area contributed by atoms with E-state index in [9.17, 15) is 17.6 Å². The molecule has 0 spiro atoms. The van der Waals surface area contributed by atoms with E-state index in [0.29, 0.717) is 24.3 Å². The van der Waals surface area contributed by atoms with Crippen LogP contribution in [0.15, 0.2) is 83.9 Å². The summed E-state index contributed by atoms with van der Waals surface area (Å²) in [6, 6.07) is 19.3. The minimum atomic E-state index is -3.87. The van der Waals surface area contributed by atoms with E-state index in [2.05, 4.69) is 5.32 Å². The Labute approximate surface area is 203 Å². The van der Waals surface area contributed by atoms with Gasteiger partial charge in [-0.3, -0.25) is 4.79 Å². The number of hydrogen-bond acceptors (Lipinski definition) is 4. The highest BCUT2D eigenvalue weighted by atomic mass is 32.2. The van der Waals surface area contributed by atoms with E-state index in [1.807, 2.05) is 24.3 Å². The fourth-order valence-corrected chi connectivity index (χ4v) is 5.86. The number of carbonyl (C=O) groups is 1. The molecule has 0 aliphatic carbocycles. The molecular weight excluding hydrogens is 467 g/mol. The highest BCUT2D eigenvalue weighted by Crippen LogP contribution is 2.35. The lowest BCUT2D eigenvalue weighted by molar-refractivity contribution is 0.0856. The van der Waals surface area contributed by atoms with Gasteiger partial charge in [-0.2, -0.15) is 0 Å². The van der Waals surface area contributed by atoms with E-state index in [1.165, 1.54) is 40.4 Å². The average Bonchev–Trinajstić information content (AvgIpc) is 3.29. The van der Waals surface area contributed by atoms with Crippen LogP contribution in [0.5, 0.6) is 0 Å². The molecule has 1 saturated heterocycles. The topological polar surface area (TPSA) is 77.4 Å². The highest BCUT2D eigenvalue weighted by Gasteiger charge is 2.25. The minimum absolute atomic E-state index is 0.104. The van der Waals surface area contributed by atoms with E-state index in [1.54, 1.807) is 18.3 Å². The summed E-state index contributed by atoms with van der Waals surface area (Å²) in [6.07, 6.45) is 3.45. The van der Waals surface area contributed by atoms with Crippen molar-refractivity contribution >= 4 is 26.8 Å². The summed E-state index contributed by atoms with van der Waals surface area (Å²) in [7, 11) is -3.87. The zero-order valence-electron chi connectivity index (χ0n) is 19.0. The van der Waals surface area contributed by atoms with Crippen molar-refractivity contribution in [3.63, 3.8) is 0 Å². The predicted molar refractivity (Wildman–Crippen MR) is 131 cm³/mol. The molecule has 8 heteroatoms. The van der Waals surface area contributed by atoms with Gasteiger partial charge >= 0.3 is 0 Å². The molecule has 1 aliphatic heterocycles. The average molecular weight is 493 g/mol. The molecule has 6 nitrogen and oxygen atoms in total. The van der Waals surface area contributed by atoms with Crippen LogP contribution < -0.4 is 5.32 Å². The molecule has 0 bridgehead atoms. The second-order valence-corrected chi connectivity index (χ2v) is 10.4. The van der Waals surface area contributed by atoms with Crippen LogP contribution >= 0.6 is 0 Å². The zero-order valence-corrected chi connectivity index (χ0v) is 19.8. The molecule has 1 amide bonds. The van der Waals surface area contributed by atoms with Gasteiger partial charge in [0.2, 0.25) is 0 Å². The number of benzene rings is 3. The molecule has 1 N–H and O–H groups in total. The first kappa shape index (κ1) is 23.3. The van der Waals surface area contributed by atoms with Crippen molar-refractivity contribution in [3.05, 3.63) is 102 Å². The van der Waals surface area contributed by atoms with Crippen LogP contribution in [-0.2, 0) is 21.3 Å². The van der Waals surface area contributed by atoms with E-state index < -0.39 is 10.0 Å². The second kappa shape index (κ2) is 9.64. The van der Waals surface area contributed by atoms with E-state index in [-0.39, 0.29) is 29.1 Å². The molecule has 4 aromatic rings. The molecule has 0 saturated carbocycles. The number of aromatic nitrogens is 1. The lowest BCUT2D eigenvalue weighted by Crippen LogP contribution is -2.23. The van der Waals surface area contributed by atoms with Crippen LogP contribution in [0.1, 0.15) is 40.2 Å². The van der Waals surface area contributed by atoms with Crippen LogP contribution in [0.4, 0.5) is 4.39 Å². The van der Waals surface area contributed by atoms with Crippen molar-refractivity contribution in [3.8, 4) is 0 Å². The molecule has 2 heterocycles. The molecule has 3 aromatic carbocycles. The Morgan fingerprint density at radius 1 is 0.971 bits per heavy atom. The van der Waals surface area contributed by atoms with Crippen molar-refractivity contribution in [2.45, 2.75) is 30.2 Å². The first-order valence-electron chi connectivity index (χ1n) is 11.5. The Morgan fingerprint density at radius 2 is 1.66 bits per heavy atom. The van der Waals surface area contributed by atoms with E-state index in [4.69, 9.17) is 4.74 Å². The monoisotopic (exact) mass is 492 g/mol. The van der Waals surface area contributed by atoms with Gasteiger partial charge in [0.25, 0.3) is 15.9 Å². The Bertz CT molecular complexity index is 1460. The number of rotatable bonds is 6. The molecule has 0 unspecified atom stereocenters. The predicted octanol–water partition coefficient (Wildman–Crippen LogP) is 4.84. The molecule has 5 rings (SSSR count). The minimum Gasteiger partial charge on any atom is -0.381 e. The summed E-state index contributed by atoms with van der Waals surface area (Å²) in [6.45, 7) is 1.58. The molecule has 1 aromatic heterocycles. The van der Waals surface area contributed by atoms with Crippen molar-refractivity contribution in [1.82, 2.24) is 9.29 Å². The van der Waals surface area contributed by atoms with Crippen LogP contribution in [0, 0.1) is 5.82 Å². The number of halogens is 1. The highest BCUT2D eigenvalue weighted by molar-refractivity contribution is 7.90. The number of fused-ring (bicyclic) bond motifs is 1. The molecule has 1 aliphatic rings. The van der Waals surface area contributed by atoms with Gasteiger partial charge in [0, 0.05) is 36.9 Å². The molecule has 0 atom stereocenters. The third-order valence-electron chi connectivity index (χ3n) is 6.41. The van der Waals surface area contributed by atoms with Crippen LogP contribution in [0.3, 0.4) is 0 Å². The van der Waals surface area contributed by atoms with Crippen molar-refractivity contribution in [1.29, 1.82) is 0 Å². The quantitative estimate of drug-likeness (QED) is 0.418. The van der Waals surface area contributed by atoms with Crippen LogP contribution in [0.25, 0.3) is 10.9 Å². The third kappa shape index (κ3) is 4.72. The fraction of sp³-hybridized carbons (Fsp3) is 0.222. The van der Waals surface area contributed by atoms with Gasteiger partial charge in [-0.25, -0.2) is 16.8 Å². The zero-order chi connectivity index (χ0) is 24.4. The first-order chi connectivity index (χ1) is 16.9. The van der Waals surface area contributed by atoms with Gasteiger partial charge < -0.3 is 10.1 Å². The molecule has 35 heavy (non-hydrogen) atoms. The lowest BCUT2D eigenvalue weighted by Gasteiger charge is -2.21. The molecule has 180 valence electrons. The number of para-hydroxylation sites is 1. The number of hydrogen-bond donors (Lipinski definition) is 1. The van der Waals surface area contributed by atoms with Gasteiger partial charge in [-0.1, -0.05) is 30.3 Å². The van der Waals surface area contributed by atoms with Gasteiger partial charge in [-0.05, 0) is 72.4 Å². The summed E-state index contributed by atoms with van der Waals surface area (Å²) in [5.74, 6) is -0.434. The van der Waals surface area contributed by atoms with E-state index in [0.717, 1.165) is 29.4 Å². The number of amides is 1. The summed E-state index contributed by atoms with van der Waals surface area (Å²) in [4.78, 5) is 12.6. The maximum absolute atomic E-state index is 13.6. The van der Waals surface area contributed by atoms with E-state index >= 15 is 0 Å². The summed E-state index contributed by atoms with van der Waals surface area (Å²) in [5.41, 5.74) is 2.75. The van der Waals surface area contributed by atoms with Crippen LogP contribution in [0.2, 0.25) is 0 Å². The largest absolute Gasteiger partial charge is 0.381 e. The lowest BCUT2D eigenvalue weighted by atomic mass is 9.91. The Kier molecular flexibility index (Phi) is 6.40. The van der Waals surface area contributed by atoms with Gasteiger partial charge in [0.15, 0.2) is 0 Å². The molecule has 1 fully saturated rings. The van der Waals surface area contributed by atoms with Gasteiger partial charge in [-0.15, -0.1) is 0 Å². The third-order valence-corrected chi connectivity index (χ3v) is 8.10. The summed E-state index contributed by atoms with van der Waals surface area (Å²) >= 11 is 0.